The number of carbonyl (C=O) groups excluding carboxylic acids is 1. The van der Waals surface area contributed by atoms with Crippen LogP contribution in [0, 0.1) is 6.92 Å². The number of hydrogen-bond acceptors (Lipinski definition) is 4. The van der Waals surface area contributed by atoms with Gasteiger partial charge in [-0.05, 0) is 49.7 Å². The number of fused-ring (bicyclic) bond motifs is 1. The van der Waals surface area contributed by atoms with Crippen molar-refractivity contribution in [1.29, 1.82) is 0 Å². The number of rotatable bonds is 3. The van der Waals surface area contributed by atoms with Crippen LogP contribution in [0.2, 0.25) is 0 Å². The Balaban J connectivity index is 1.91. The summed E-state index contributed by atoms with van der Waals surface area (Å²) >= 11 is 1.22. The van der Waals surface area contributed by atoms with Gasteiger partial charge in [0.05, 0.1) is 5.92 Å². The maximum absolute atomic E-state index is 12.3. The monoisotopic (exact) mass is 322 g/mol. The van der Waals surface area contributed by atoms with Gasteiger partial charge in [-0.2, -0.15) is 0 Å². The maximum Gasteiger partial charge on any atom is 0.271 e. The molecule has 1 aromatic carbocycles. The normalized spacial score (nSPS) is 17.4. The molecule has 3 rings (SSSR count). The molecule has 2 heterocycles. The van der Waals surface area contributed by atoms with Crippen LogP contribution >= 0.6 is 11.3 Å². The predicted molar refractivity (Wildman–Crippen MR) is 83.4 cm³/mol. The number of nitrogens with one attached hydrogen (secondary N) is 2. The number of amides is 1. The molecule has 110 valence electrons. The third-order valence-corrected chi connectivity index (χ3v) is 6.28. The zero-order chi connectivity index (χ0) is 15.2. The number of benzene rings is 1. The summed E-state index contributed by atoms with van der Waals surface area (Å²) in [6.45, 7) is 3.65. The van der Waals surface area contributed by atoms with Crippen molar-refractivity contribution in [2.75, 3.05) is 10.0 Å². The van der Waals surface area contributed by atoms with Crippen LogP contribution in [-0.4, -0.2) is 14.3 Å². The minimum absolute atomic E-state index is 0.0705. The van der Waals surface area contributed by atoms with Gasteiger partial charge in [0.2, 0.25) is 5.91 Å². The Hall–Kier alpha value is -1.86. The van der Waals surface area contributed by atoms with Crippen molar-refractivity contribution in [3.63, 3.8) is 0 Å². The van der Waals surface area contributed by atoms with Crippen LogP contribution < -0.4 is 10.0 Å². The van der Waals surface area contributed by atoms with E-state index in [2.05, 4.69) is 10.0 Å². The molecule has 1 amide bonds. The summed E-state index contributed by atoms with van der Waals surface area (Å²) in [5, 5.41) is 2.76. The Labute approximate surface area is 127 Å². The van der Waals surface area contributed by atoms with Crippen LogP contribution in [-0.2, 0) is 14.8 Å². The first-order valence-corrected chi connectivity index (χ1v) is 8.71. The highest BCUT2D eigenvalue weighted by Crippen LogP contribution is 2.34. The van der Waals surface area contributed by atoms with E-state index in [-0.39, 0.29) is 16.0 Å². The average molecular weight is 322 g/mol. The molecule has 1 atom stereocenters. The maximum atomic E-state index is 12.3. The largest absolute Gasteiger partial charge is 0.325 e. The third kappa shape index (κ3) is 2.54. The van der Waals surface area contributed by atoms with Crippen LogP contribution in [0.15, 0.2) is 34.5 Å². The first kappa shape index (κ1) is 14.1. The van der Waals surface area contributed by atoms with Crippen molar-refractivity contribution in [3.05, 3.63) is 40.8 Å². The molecule has 0 saturated heterocycles. The number of anilines is 2. The lowest BCUT2D eigenvalue weighted by molar-refractivity contribution is -0.116. The molecule has 1 aliphatic rings. The SMILES string of the molecule is Cc1ccc(S(=O)(=O)Nc2ccc3c(c2)C(C)C(=O)N3)s1. The number of sulfonamides is 1. The quantitative estimate of drug-likeness (QED) is 0.912. The number of aryl methyl sites for hydroxylation is 1. The van der Waals surface area contributed by atoms with Gasteiger partial charge < -0.3 is 5.32 Å². The Morgan fingerprint density at radius 1 is 1.24 bits per heavy atom. The molecule has 5 nitrogen and oxygen atoms in total. The summed E-state index contributed by atoms with van der Waals surface area (Å²) in [4.78, 5) is 12.5. The highest BCUT2D eigenvalue weighted by Gasteiger charge is 2.27. The van der Waals surface area contributed by atoms with E-state index in [1.807, 2.05) is 6.92 Å². The molecule has 2 N–H and O–H groups in total. The second-order valence-electron chi connectivity index (χ2n) is 4.98. The highest BCUT2D eigenvalue weighted by molar-refractivity contribution is 7.94. The van der Waals surface area contributed by atoms with E-state index >= 15 is 0 Å². The minimum Gasteiger partial charge on any atom is -0.325 e. The number of carbonyl (C=O) groups is 1. The Kier molecular flexibility index (Phi) is 3.26. The lowest BCUT2D eigenvalue weighted by Gasteiger charge is -2.08. The second kappa shape index (κ2) is 4.85. The minimum atomic E-state index is -3.58. The fraction of sp³-hybridized carbons (Fsp3) is 0.214. The zero-order valence-corrected chi connectivity index (χ0v) is 13.1. The predicted octanol–water partition coefficient (Wildman–Crippen LogP) is 2.91. The Bertz CT molecular complexity index is 824. The van der Waals surface area contributed by atoms with Gasteiger partial charge in [-0.1, -0.05) is 0 Å². The standard InChI is InChI=1S/C14H14N2O3S2/c1-8-3-6-13(20-8)21(18,19)16-10-4-5-12-11(7-10)9(2)14(17)15-12/h3-7,9,16H,1-2H3,(H,15,17). The topological polar surface area (TPSA) is 75.3 Å². The van der Waals surface area contributed by atoms with Crippen molar-refractivity contribution in [2.24, 2.45) is 0 Å². The van der Waals surface area contributed by atoms with E-state index in [4.69, 9.17) is 0 Å². The Morgan fingerprint density at radius 2 is 2.00 bits per heavy atom. The summed E-state index contributed by atoms with van der Waals surface area (Å²) in [6, 6.07) is 8.43. The first-order chi connectivity index (χ1) is 9.87. The number of thiophene rings is 1. The van der Waals surface area contributed by atoms with Crippen LogP contribution in [0.1, 0.15) is 23.3 Å². The van der Waals surface area contributed by atoms with E-state index in [1.54, 1.807) is 37.3 Å². The molecule has 0 fully saturated rings. The van der Waals surface area contributed by atoms with Gasteiger partial charge in [-0.3, -0.25) is 9.52 Å². The summed E-state index contributed by atoms with van der Waals surface area (Å²) in [5.74, 6) is -0.340. The molecule has 1 unspecified atom stereocenters. The molecule has 7 heteroatoms. The van der Waals surface area contributed by atoms with Gasteiger partial charge in [-0.25, -0.2) is 8.42 Å². The molecule has 0 aliphatic carbocycles. The van der Waals surface area contributed by atoms with Gasteiger partial charge in [0, 0.05) is 16.3 Å². The lowest BCUT2D eigenvalue weighted by Crippen LogP contribution is -2.11. The van der Waals surface area contributed by atoms with E-state index in [9.17, 15) is 13.2 Å². The van der Waals surface area contributed by atoms with Crippen molar-refractivity contribution in [2.45, 2.75) is 24.0 Å². The summed E-state index contributed by atoms with van der Waals surface area (Å²) in [7, 11) is -3.58. The van der Waals surface area contributed by atoms with E-state index in [1.165, 1.54) is 11.3 Å². The molecule has 2 aromatic rings. The summed E-state index contributed by atoms with van der Waals surface area (Å²) in [6.07, 6.45) is 0. The molecular formula is C14H14N2O3S2. The lowest BCUT2D eigenvalue weighted by atomic mass is 10.0. The fourth-order valence-electron chi connectivity index (χ4n) is 2.24. The second-order valence-corrected chi connectivity index (χ2v) is 8.18. The Morgan fingerprint density at radius 3 is 2.67 bits per heavy atom. The zero-order valence-electron chi connectivity index (χ0n) is 11.5. The fourth-order valence-corrected chi connectivity index (χ4v) is 4.58. The number of hydrogen-bond donors (Lipinski definition) is 2. The van der Waals surface area contributed by atoms with Crippen LogP contribution in [0.25, 0.3) is 0 Å². The molecule has 0 saturated carbocycles. The van der Waals surface area contributed by atoms with Gasteiger partial charge in [0.15, 0.2) is 0 Å². The van der Waals surface area contributed by atoms with E-state index < -0.39 is 10.0 Å². The van der Waals surface area contributed by atoms with Gasteiger partial charge in [0.25, 0.3) is 10.0 Å². The molecular weight excluding hydrogens is 308 g/mol. The molecule has 21 heavy (non-hydrogen) atoms. The van der Waals surface area contributed by atoms with Gasteiger partial charge in [0.1, 0.15) is 4.21 Å². The highest BCUT2D eigenvalue weighted by atomic mass is 32.2. The van der Waals surface area contributed by atoms with Crippen LogP contribution in [0.5, 0.6) is 0 Å². The molecule has 1 aliphatic heterocycles. The van der Waals surface area contributed by atoms with E-state index in [0.717, 1.165) is 16.1 Å². The van der Waals surface area contributed by atoms with Gasteiger partial charge >= 0.3 is 0 Å². The van der Waals surface area contributed by atoms with E-state index in [0.29, 0.717) is 5.69 Å². The molecule has 0 spiro atoms. The van der Waals surface area contributed by atoms with Gasteiger partial charge in [-0.15, -0.1) is 11.3 Å². The molecule has 0 radical (unpaired) electrons. The third-order valence-electron chi connectivity index (χ3n) is 3.40. The average Bonchev–Trinajstić information content (AvgIpc) is 2.96. The smallest absolute Gasteiger partial charge is 0.271 e. The van der Waals surface area contributed by atoms with Crippen molar-refractivity contribution in [1.82, 2.24) is 0 Å². The summed E-state index contributed by atoms with van der Waals surface area (Å²) in [5.41, 5.74) is 2.01. The van der Waals surface area contributed by atoms with Crippen molar-refractivity contribution in [3.8, 4) is 0 Å². The molecule has 0 bridgehead atoms. The van der Waals surface area contributed by atoms with Crippen molar-refractivity contribution >= 4 is 38.6 Å². The summed E-state index contributed by atoms with van der Waals surface area (Å²) < 4.78 is 27.4. The van der Waals surface area contributed by atoms with Crippen LogP contribution in [0.4, 0.5) is 11.4 Å². The van der Waals surface area contributed by atoms with Crippen molar-refractivity contribution < 1.29 is 13.2 Å². The first-order valence-electron chi connectivity index (χ1n) is 6.41. The van der Waals surface area contributed by atoms with Crippen LogP contribution in [0.3, 0.4) is 0 Å². The molecule has 1 aromatic heterocycles.